The summed E-state index contributed by atoms with van der Waals surface area (Å²) in [7, 11) is 0. The summed E-state index contributed by atoms with van der Waals surface area (Å²) in [6.07, 6.45) is 1.77. The van der Waals surface area contributed by atoms with E-state index in [0.717, 1.165) is 26.9 Å². The summed E-state index contributed by atoms with van der Waals surface area (Å²) in [5, 5.41) is 1.78. The van der Waals surface area contributed by atoms with Crippen LogP contribution in [-0.2, 0) is 6.61 Å². The summed E-state index contributed by atoms with van der Waals surface area (Å²) in [6, 6.07) is 14.7. The van der Waals surface area contributed by atoms with Crippen molar-refractivity contribution in [2.24, 2.45) is 4.99 Å². The predicted molar refractivity (Wildman–Crippen MR) is 130 cm³/mol. The molecule has 0 aliphatic heterocycles. The molecule has 3 aromatic rings. The molecule has 156 valence electrons. The Bertz CT molecular complexity index is 1090. The van der Waals surface area contributed by atoms with E-state index in [0.29, 0.717) is 33.2 Å². The van der Waals surface area contributed by atoms with Crippen LogP contribution in [0, 0.1) is 6.92 Å². The van der Waals surface area contributed by atoms with Crippen LogP contribution in [0.5, 0.6) is 11.5 Å². The highest BCUT2D eigenvalue weighted by Crippen LogP contribution is 2.38. The van der Waals surface area contributed by atoms with Gasteiger partial charge in [0, 0.05) is 26.8 Å². The van der Waals surface area contributed by atoms with Gasteiger partial charge in [0.25, 0.3) is 0 Å². The minimum absolute atomic E-state index is 0.282. The highest BCUT2D eigenvalue weighted by atomic mass is 79.9. The van der Waals surface area contributed by atoms with Crippen molar-refractivity contribution in [3.63, 3.8) is 0 Å². The number of aliphatic imine (C=N–C) groups is 1. The molecule has 3 aromatic carbocycles. The van der Waals surface area contributed by atoms with Gasteiger partial charge >= 0.3 is 0 Å². The topological polar surface area (TPSA) is 30.8 Å². The smallest absolute Gasteiger partial charge is 0.175 e. The fourth-order valence-corrected chi connectivity index (χ4v) is 3.92. The number of rotatable bonds is 7. The number of hydrogen-bond donors (Lipinski definition) is 0. The molecule has 7 heteroatoms. The monoisotopic (exact) mass is 525 g/mol. The second-order valence-electron chi connectivity index (χ2n) is 6.48. The van der Waals surface area contributed by atoms with Gasteiger partial charge in [-0.2, -0.15) is 0 Å². The maximum absolute atomic E-state index is 6.25. The lowest BCUT2D eigenvalue weighted by Gasteiger charge is -2.15. The minimum Gasteiger partial charge on any atom is -0.490 e. The summed E-state index contributed by atoms with van der Waals surface area (Å²) in [5.74, 6) is 1.21. The molecule has 3 nitrogen and oxygen atoms in total. The van der Waals surface area contributed by atoms with Crippen LogP contribution < -0.4 is 9.47 Å². The second kappa shape index (κ2) is 10.5. The van der Waals surface area contributed by atoms with Crippen molar-refractivity contribution < 1.29 is 9.47 Å². The Kier molecular flexibility index (Phi) is 8.06. The van der Waals surface area contributed by atoms with E-state index in [2.05, 4.69) is 20.9 Å². The van der Waals surface area contributed by atoms with Crippen LogP contribution in [0.25, 0.3) is 0 Å². The van der Waals surface area contributed by atoms with Crippen LogP contribution in [0.2, 0.25) is 15.1 Å². The largest absolute Gasteiger partial charge is 0.490 e. The predicted octanol–water partition coefficient (Wildman–Crippen LogP) is 8.45. The van der Waals surface area contributed by atoms with Crippen LogP contribution in [0.4, 0.5) is 5.69 Å². The van der Waals surface area contributed by atoms with Crippen LogP contribution in [0.1, 0.15) is 23.6 Å². The quantitative estimate of drug-likeness (QED) is 0.289. The van der Waals surface area contributed by atoms with Crippen molar-refractivity contribution in [1.29, 1.82) is 0 Å². The number of benzene rings is 3. The third-order valence-corrected chi connectivity index (χ3v) is 5.65. The SMILES string of the molecule is CCOc1cc(C=Nc2cc(Cl)ccc2C)cc(Br)c1OCc1ccc(Cl)cc1Cl. The highest BCUT2D eigenvalue weighted by molar-refractivity contribution is 9.10. The van der Waals surface area contributed by atoms with Gasteiger partial charge in [0.15, 0.2) is 11.5 Å². The van der Waals surface area contributed by atoms with Gasteiger partial charge in [-0.25, -0.2) is 0 Å². The van der Waals surface area contributed by atoms with Gasteiger partial charge in [-0.05, 0) is 77.3 Å². The molecule has 0 atom stereocenters. The van der Waals surface area contributed by atoms with Crippen molar-refractivity contribution in [2.75, 3.05) is 6.61 Å². The van der Waals surface area contributed by atoms with E-state index in [1.807, 2.05) is 50.2 Å². The fraction of sp³-hybridized carbons (Fsp3) is 0.174. The summed E-state index contributed by atoms with van der Waals surface area (Å²) in [6.45, 7) is 4.69. The molecule has 0 unspecified atom stereocenters. The van der Waals surface area contributed by atoms with E-state index in [4.69, 9.17) is 44.3 Å². The Morgan fingerprint density at radius 2 is 1.70 bits per heavy atom. The van der Waals surface area contributed by atoms with E-state index in [1.165, 1.54) is 0 Å². The van der Waals surface area contributed by atoms with Crippen molar-refractivity contribution in [3.05, 3.63) is 84.8 Å². The van der Waals surface area contributed by atoms with Gasteiger partial charge in [-0.15, -0.1) is 0 Å². The van der Waals surface area contributed by atoms with E-state index >= 15 is 0 Å². The van der Waals surface area contributed by atoms with Crippen molar-refractivity contribution in [3.8, 4) is 11.5 Å². The third-order valence-electron chi connectivity index (χ3n) is 4.24. The first-order chi connectivity index (χ1) is 14.4. The normalized spacial score (nSPS) is 11.1. The minimum atomic E-state index is 0.282. The van der Waals surface area contributed by atoms with Crippen molar-refractivity contribution >= 4 is 62.6 Å². The Morgan fingerprint density at radius 1 is 0.967 bits per heavy atom. The first-order valence-corrected chi connectivity index (χ1v) is 11.1. The van der Waals surface area contributed by atoms with E-state index in [1.54, 1.807) is 18.3 Å². The summed E-state index contributed by atoms with van der Waals surface area (Å²) >= 11 is 21.9. The summed E-state index contributed by atoms with van der Waals surface area (Å²) in [4.78, 5) is 4.57. The molecule has 30 heavy (non-hydrogen) atoms. The third kappa shape index (κ3) is 5.92. The van der Waals surface area contributed by atoms with Crippen molar-refractivity contribution in [2.45, 2.75) is 20.5 Å². The molecule has 0 aliphatic rings. The maximum Gasteiger partial charge on any atom is 0.175 e. The molecule has 0 aliphatic carbocycles. The Balaban J connectivity index is 1.86. The molecule has 0 heterocycles. The van der Waals surface area contributed by atoms with Crippen LogP contribution >= 0.6 is 50.7 Å². The number of ether oxygens (including phenoxy) is 2. The molecule has 0 N–H and O–H groups in total. The van der Waals surface area contributed by atoms with E-state index in [9.17, 15) is 0 Å². The molecule has 0 saturated heterocycles. The Hall–Kier alpha value is -1.72. The van der Waals surface area contributed by atoms with Crippen LogP contribution in [-0.4, -0.2) is 12.8 Å². The second-order valence-corrected chi connectivity index (χ2v) is 8.61. The van der Waals surface area contributed by atoms with E-state index < -0.39 is 0 Å². The van der Waals surface area contributed by atoms with Gasteiger partial charge in [-0.1, -0.05) is 46.9 Å². The molecule has 0 radical (unpaired) electrons. The lowest BCUT2D eigenvalue weighted by Crippen LogP contribution is -2.02. The lowest BCUT2D eigenvalue weighted by atomic mass is 10.2. The zero-order valence-electron chi connectivity index (χ0n) is 16.4. The maximum atomic E-state index is 6.25. The highest BCUT2D eigenvalue weighted by Gasteiger charge is 2.13. The van der Waals surface area contributed by atoms with Crippen molar-refractivity contribution in [1.82, 2.24) is 0 Å². The van der Waals surface area contributed by atoms with Gasteiger partial charge in [-0.3, -0.25) is 4.99 Å². The van der Waals surface area contributed by atoms with Crippen LogP contribution in [0.15, 0.2) is 58.0 Å². The summed E-state index contributed by atoms with van der Waals surface area (Å²) < 4.78 is 12.6. The first-order valence-electron chi connectivity index (χ1n) is 9.20. The molecule has 3 rings (SSSR count). The average Bonchev–Trinajstić information content (AvgIpc) is 2.69. The van der Waals surface area contributed by atoms with Gasteiger partial charge in [0.2, 0.25) is 0 Å². The number of nitrogens with zero attached hydrogens (tertiary/aromatic N) is 1. The fourth-order valence-electron chi connectivity index (χ4n) is 2.72. The zero-order chi connectivity index (χ0) is 21.7. The first kappa shape index (κ1) is 23.0. The standard InChI is InChI=1S/C23H19BrCl3NO2/c1-3-29-22-9-15(12-28-21-11-18(26)6-4-14(21)2)8-19(24)23(22)30-13-16-5-7-17(25)10-20(16)27/h4-12H,3,13H2,1-2H3. The Morgan fingerprint density at radius 3 is 2.43 bits per heavy atom. The molecule has 0 saturated carbocycles. The van der Waals surface area contributed by atoms with Gasteiger partial charge in [0.05, 0.1) is 16.8 Å². The molecule has 0 spiro atoms. The van der Waals surface area contributed by atoms with Gasteiger partial charge in [0.1, 0.15) is 6.61 Å². The Labute approximate surface area is 199 Å². The molecular weight excluding hydrogens is 509 g/mol. The number of aryl methyl sites for hydroxylation is 1. The van der Waals surface area contributed by atoms with E-state index in [-0.39, 0.29) is 6.61 Å². The summed E-state index contributed by atoms with van der Waals surface area (Å²) in [5.41, 5.74) is 3.55. The molecule has 0 fully saturated rings. The lowest BCUT2D eigenvalue weighted by molar-refractivity contribution is 0.267. The average molecular weight is 528 g/mol. The number of halogens is 4. The van der Waals surface area contributed by atoms with Gasteiger partial charge < -0.3 is 9.47 Å². The molecule has 0 amide bonds. The molecule has 0 aromatic heterocycles. The molecular formula is C23H19BrCl3NO2. The van der Waals surface area contributed by atoms with Crippen LogP contribution in [0.3, 0.4) is 0 Å². The molecule has 0 bridgehead atoms. The number of hydrogen-bond acceptors (Lipinski definition) is 3. The zero-order valence-corrected chi connectivity index (χ0v) is 20.2.